The van der Waals surface area contributed by atoms with Crippen LogP contribution in [0.3, 0.4) is 0 Å². The van der Waals surface area contributed by atoms with Gasteiger partial charge in [0.2, 0.25) is 5.91 Å². The zero-order valence-electron chi connectivity index (χ0n) is 18.2. The molecule has 1 aliphatic heterocycles. The zero-order valence-corrected chi connectivity index (χ0v) is 18.2. The van der Waals surface area contributed by atoms with Crippen LogP contribution in [0, 0.1) is 5.92 Å². The van der Waals surface area contributed by atoms with Gasteiger partial charge in [-0.15, -0.1) is 0 Å². The number of aromatic hydroxyl groups is 1. The van der Waals surface area contributed by atoms with Crippen molar-refractivity contribution in [2.75, 3.05) is 26.7 Å². The van der Waals surface area contributed by atoms with Crippen LogP contribution in [0.1, 0.15) is 52.0 Å². The Morgan fingerprint density at radius 2 is 1.97 bits per heavy atom. The number of hydrogen-bond acceptors (Lipinski definition) is 4. The number of piperidine rings is 1. The van der Waals surface area contributed by atoms with E-state index in [0.717, 1.165) is 51.3 Å². The van der Waals surface area contributed by atoms with Gasteiger partial charge in [0.1, 0.15) is 11.5 Å². The lowest BCUT2D eigenvalue weighted by atomic mass is 9.98. The number of amides is 1. The van der Waals surface area contributed by atoms with Crippen molar-refractivity contribution in [3.05, 3.63) is 23.8 Å². The van der Waals surface area contributed by atoms with Crippen LogP contribution in [0.5, 0.6) is 11.5 Å². The van der Waals surface area contributed by atoms with Crippen molar-refractivity contribution in [2.24, 2.45) is 10.9 Å². The minimum absolute atomic E-state index is 0.147. The van der Waals surface area contributed by atoms with Crippen LogP contribution in [0.4, 0.5) is 0 Å². The van der Waals surface area contributed by atoms with E-state index in [0.29, 0.717) is 23.8 Å². The van der Waals surface area contributed by atoms with Gasteiger partial charge in [0.25, 0.3) is 0 Å². The standard InChI is InChI=1S/C22H36N4O3/c1-5-16(6-2)21(28)26-12-10-18(11-13-26)25-22(23-7-3)24-15-17-14-19(29-4)8-9-20(17)27/h8-9,14,16,18,27H,5-7,10-13,15H2,1-4H3,(H2,23,24,25). The zero-order chi connectivity index (χ0) is 21.2. The number of likely N-dealkylation sites (tertiary alicyclic amines) is 1. The number of nitrogens with zero attached hydrogens (tertiary/aromatic N) is 2. The fraction of sp³-hybridized carbons (Fsp3) is 0.636. The van der Waals surface area contributed by atoms with Crippen molar-refractivity contribution in [3.8, 4) is 11.5 Å². The van der Waals surface area contributed by atoms with Crippen LogP contribution in [0.15, 0.2) is 23.2 Å². The van der Waals surface area contributed by atoms with Gasteiger partial charge in [0.05, 0.1) is 13.7 Å². The Labute approximate surface area is 174 Å². The highest BCUT2D eigenvalue weighted by atomic mass is 16.5. The lowest BCUT2D eigenvalue weighted by Gasteiger charge is -2.34. The van der Waals surface area contributed by atoms with Crippen LogP contribution < -0.4 is 15.4 Å². The molecule has 1 aromatic carbocycles. The number of guanidine groups is 1. The molecule has 0 radical (unpaired) electrons. The summed E-state index contributed by atoms with van der Waals surface area (Å²) in [4.78, 5) is 19.2. The second kappa shape index (κ2) is 11.5. The topological polar surface area (TPSA) is 86.2 Å². The Morgan fingerprint density at radius 1 is 1.28 bits per heavy atom. The summed E-state index contributed by atoms with van der Waals surface area (Å²) in [6, 6.07) is 5.42. The van der Waals surface area contributed by atoms with Gasteiger partial charge in [-0.05, 0) is 50.8 Å². The quantitative estimate of drug-likeness (QED) is 0.458. The maximum absolute atomic E-state index is 12.6. The SMILES string of the molecule is CCNC(=NCc1cc(OC)ccc1O)NC1CCN(C(=O)C(CC)CC)CC1. The molecular weight excluding hydrogens is 368 g/mol. The van der Waals surface area contributed by atoms with Gasteiger partial charge in [-0.3, -0.25) is 4.79 Å². The molecule has 0 bridgehead atoms. The molecule has 29 heavy (non-hydrogen) atoms. The lowest BCUT2D eigenvalue weighted by molar-refractivity contribution is -0.136. The molecule has 1 amide bonds. The summed E-state index contributed by atoms with van der Waals surface area (Å²) >= 11 is 0. The third-order valence-corrected chi connectivity index (χ3v) is 5.52. The Morgan fingerprint density at radius 3 is 2.55 bits per heavy atom. The highest BCUT2D eigenvalue weighted by molar-refractivity contribution is 5.80. The van der Waals surface area contributed by atoms with Crippen molar-refractivity contribution in [2.45, 2.75) is 59.0 Å². The van der Waals surface area contributed by atoms with E-state index >= 15 is 0 Å². The third kappa shape index (κ3) is 6.54. The van der Waals surface area contributed by atoms with E-state index in [1.54, 1.807) is 25.3 Å². The van der Waals surface area contributed by atoms with E-state index in [1.165, 1.54) is 0 Å². The fourth-order valence-electron chi connectivity index (χ4n) is 3.63. The summed E-state index contributed by atoms with van der Waals surface area (Å²) in [6.45, 7) is 8.86. The molecule has 1 saturated heterocycles. The lowest BCUT2D eigenvalue weighted by Crippen LogP contribution is -2.50. The number of phenolic OH excluding ortho intramolecular Hbond substituents is 1. The summed E-state index contributed by atoms with van der Waals surface area (Å²) in [7, 11) is 1.60. The maximum atomic E-state index is 12.6. The highest BCUT2D eigenvalue weighted by Crippen LogP contribution is 2.23. The molecule has 0 saturated carbocycles. The number of rotatable bonds is 8. The van der Waals surface area contributed by atoms with Gasteiger partial charge in [0.15, 0.2) is 5.96 Å². The molecule has 0 atom stereocenters. The highest BCUT2D eigenvalue weighted by Gasteiger charge is 2.26. The Kier molecular flexibility index (Phi) is 9.09. The summed E-state index contributed by atoms with van der Waals surface area (Å²) in [5, 5.41) is 16.8. The molecular formula is C22H36N4O3. The molecule has 3 N–H and O–H groups in total. The van der Waals surface area contributed by atoms with E-state index in [4.69, 9.17) is 4.74 Å². The second-order valence-electron chi connectivity index (χ2n) is 7.45. The molecule has 1 heterocycles. The van der Waals surface area contributed by atoms with Crippen molar-refractivity contribution in [1.82, 2.24) is 15.5 Å². The number of ether oxygens (including phenoxy) is 1. The fourth-order valence-corrected chi connectivity index (χ4v) is 3.63. The molecule has 7 heteroatoms. The van der Waals surface area contributed by atoms with Crippen LogP contribution in [0.25, 0.3) is 0 Å². The predicted molar refractivity (Wildman–Crippen MR) is 116 cm³/mol. The van der Waals surface area contributed by atoms with Gasteiger partial charge in [-0.1, -0.05) is 13.8 Å². The number of hydrogen-bond donors (Lipinski definition) is 3. The first-order valence-electron chi connectivity index (χ1n) is 10.7. The van der Waals surface area contributed by atoms with Crippen LogP contribution >= 0.6 is 0 Å². The summed E-state index contributed by atoms with van der Waals surface area (Å²) in [6.07, 6.45) is 3.62. The van der Waals surface area contributed by atoms with Gasteiger partial charge in [-0.2, -0.15) is 0 Å². The Hall–Kier alpha value is -2.44. The van der Waals surface area contributed by atoms with Gasteiger partial charge in [-0.25, -0.2) is 4.99 Å². The number of phenols is 1. The molecule has 0 spiro atoms. The van der Waals surface area contributed by atoms with Gasteiger partial charge in [0, 0.05) is 37.2 Å². The van der Waals surface area contributed by atoms with Gasteiger partial charge >= 0.3 is 0 Å². The summed E-state index contributed by atoms with van der Waals surface area (Å²) in [5.74, 6) is 2.06. The number of benzene rings is 1. The largest absolute Gasteiger partial charge is 0.508 e. The number of methoxy groups -OCH3 is 1. The molecule has 162 valence electrons. The average molecular weight is 405 g/mol. The normalized spacial score (nSPS) is 15.5. The van der Waals surface area contributed by atoms with Crippen molar-refractivity contribution in [3.63, 3.8) is 0 Å². The van der Waals surface area contributed by atoms with Crippen LogP contribution in [-0.4, -0.2) is 54.7 Å². The molecule has 1 aliphatic rings. The summed E-state index contributed by atoms with van der Waals surface area (Å²) in [5.41, 5.74) is 0.715. The molecule has 0 unspecified atom stereocenters. The van der Waals surface area contributed by atoms with Crippen LogP contribution in [-0.2, 0) is 11.3 Å². The average Bonchev–Trinajstić information content (AvgIpc) is 2.74. The molecule has 0 aliphatic carbocycles. The monoisotopic (exact) mass is 404 g/mol. The van der Waals surface area contributed by atoms with E-state index in [-0.39, 0.29) is 17.7 Å². The molecule has 1 fully saturated rings. The third-order valence-electron chi connectivity index (χ3n) is 5.52. The van der Waals surface area contributed by atoms with Crippen LogP contribution in [0.2, 0.25) is 0 Å². The minimum atomic E-state index is 0.147. The number of carbonyl (C=O) groups is 1. The molecule has 7 nitrogen and oxygen atoms in total. The van der Waals surface area contributed by atoms with E-state index in [9.17, 15) is 9.90 Å². The molecule has 0 aromatic heterocycles. The van der Waals surface area contributed by atoms with E-state index in [1.807, 2.05) is 11.8 Å². The van der Waals surface area contributed by atoms with Crippen molar-refractivity contribution < 1.29 is 14.6 Å². The van der Waals surface area contributed by atoms with Gasteiger partial charge < -0.3 is 25.4 Å². The Balaban J connectivity index is 1.94. The summed E-state index contributed by atoms with van der Waals surface area (Å²) < 4.78 is 5.22. The first-order valence-corrected chi connectivity index (χ1v) is 10.7. The first kappa shape index (κ1) is 22.8. The smallest absolute Gasteiger partial charge is 0.225 e. The number of carbonyl (C=O) groups excluding carboxylic acids is 1. The Bertz CT molecular complexity index is 681. The minimum Gasteiger partial charge on any atom is -0.508 e. The van der Waals surface area contributed by atoms with Crippen molar-refractivity contribution in [1.29, 1.82) is 0 Å². The first-order chi connectivity index (χ1) is 14.0. The number of aliphatic imine (C=N–C) groups is 1. The number of nitrogens with one attached hydrogen (secondary N) is 2. The van der Waals surface area contributed by atoms with Crippen molar-refractivity contribution >= 4 is 11.9 Å². The maximum Gasteiger partial charge on any atom is 0.225 e. The van der Waals surface area contributed by atoms with E-state index in [2.05, 4.69) is 29.5 Å². The second-order valence-corrected chi connectivity index (χ2v) is 7.45. The van der Waals surface area contributed by atoms with E-state index < -0.39 is 0 Å². The predicted octanol–water partition coefficient (Wildman–Crippen LogP) is 2.88. The molecule has 1 aromatic rings. The molecule has 2 rings (SSSR count).